The van der Waals surface area contributed by atoms with E-state index in [4.69, 9.17) is 4.42 Å². The summed E-state index contributed by atoms with van der Waals surface area (Å²) < 4.78 is 6.49. The van der Waals surface area contributed by atoms with Crippen molar-refractivity contribution in [2.24, 2.45) is 0 Å². The Morgan fingerprint density at radius 2 is 0.934 bits per heavy atom. The second-order valence-corrected chi connectivity index (χ2v) is 19.4. The van der Waals surface area contributed by atoms with Crippen LogP contribution in [0, 0.1) is 0 Å². The molecule has 0 aliphatic carbocycles. The Morgan fingerprint density at radius 3 is 1.49 bits per heavy atom. The van der Waals surface area contributed by atoms with E-state index in [-0.39, 0.29) is 23.0 Å². The molecule has 0 radical (unpaired) electrons. The van der Waals surface area contributed by atoms with Gasteiger partial charge in [-0.25, -0.2) is 0 Å². The monoisotopic (exact) mass is 796 g/mol. The van der Waals surface area contributed by atoms with Crippen LogP contribution in [0.15, 0.2) is 150 Å². The molecule has 0 spiro atoms. The van der Waals surface area contributed by atoms with Crippen LogP contribution in [0.1, 0.15) is 98.3 Å². The van der Waals surface area contributed by atoms with Crippen LogP contribution in [-0.4, -0.2) is 6.71 Å². The minimum Gasteiger partial charge on any atom is -0.455 e. The number of rotatable bonds is 9. The number of hydrogen-bond donors (Lipinski definition) is 0. The van der Waals surface area contributed by atoms with Gasteiger partial charge in [0.2, 0.25) is 0 Å². The molecule has 0 unspecified atom stereocenters. The number of nitrogens with zero attached hydrogens (tertiary/aromatic N) is 2. The molecule has 0 saturated carbocycles. The van der Waals surface area contributed by atoms with Crippen molar-refractivity contribution in [2.75, 3.05) is 9.80 Å². The smallest absolute Gasteiger partial charge is 0.252 e. The van der Waals surface area contributed by atoms with Crippen LogP contribution < -0.4 is 26.2 Å². The minimum atomic E-state index is 0.0303. The van der Waals surface area contributed by atoms with Crippen molar-refractivity contribution >= 4 is 79.2 Å². The highest BCUT2D eigenvalue weighted by Crippen LogP contribution is 2.46. The second kappa shape index (κ2) is 14.3. The van der Waals surface area contributed by atoms with E-state index >= 15 is 0 Å². The maximum atomic E-state index is 6.49. The average molecular weight is 797 g/mol. The van der Waals surface area contributed by atoms with Crippen LogP contribution in [0.2, 0.25) is 0 Å². The van der Waals surface area contributed by atoms with E-state index in [1.807, 2.05) is 6.07 Å². The molecule has 10 rings (SSSR count). The predicted molar refractivity (Wildman–Crippen MR) is 263 cm³/mol. The van der Waals surface area contributed by atoms with Gasteiger partial charge in [0.25, 0.3) is 6.71 Å². The van der Waals surface area contributed by atoms with E-state index < -0.39 is 0 Å². The van der Waals surface area contributed by atoms with Crippen molar-refractivity contribution in [3.8, 4) is 11.1 Å². The van der Waals surface area contributed by atoms with E-state index in [0.717, 1.165) is 58.0 Å². The van der Waals surface area contributed by atoms with Gasteiger partial charge in [0, 0.05) is 50.5 Å². The molecule has 8 aromatic rings. The molecule has 0 amide bonds. The standard InChI is InChI=1S/C57H57BN2O/c1-10-55(4,5)38-25-31-42(32-26-38)60-49-34-28-40(57(8,9)12-3)36-47(49)58-46-35-39(56(6,7)11-2)27-33-48(46)59(50-20-16-21-51(60)53(50)58)41-29-23-37(24-30-41)43-18-15-19-45-44-17-13-14-22-52(44)61-54(43)45/h13-36H,10-12H2,1-9H3. The highest BCUT2D eigenvalue weighted by atomic mass is 16.3. The van der Waals surface area contributed by atoms with E-state index in [1.54, 1.807) is 0 Å². The number of anilines is 6. The minimum absolute atomic E-state index is 0.0303. The third-order valence-electron chi connectivity index (χ3n) is 15.0. The highest BCUT2D eigenvalue weighted by molar-refractivity contribution is 7.00. The molecule has 0 saturated heterocycles. The average Bonchev–Trinajstić information content (AvgIpc) is 3.68. The van der Waals surface area contributed by atoms with E-state index in [0.29, 0.717) is 0 Å². The van der Waals surface area contributed by atoms with Crippen molar-refractivity contribution in [1.29, 1.82) is 0 Å². The van der Waals surface area contributed by atoms with E-state index in [9.17, 15) is 0 Å². The molecule has 1 aromatic heterocycles. The fraction of sp³-hybridized carbons (Fsp3) is 0.263. The van der Waals surface area contributed by atoms with Crippen LogP contribution >= 0.6 is 0 Å². The van der Waals surface area contributed by atoms with Gasteiger partial charge in [-0.3, -0.25) is 0 Å². The summed E-state index contributed by atoms with van der Waals surface area (Å²) in [6.07, 6.45) is 3.22. The molecule has 0 N–H and O–H groups in total. The Hall–Kier alpha value is -6.00. The van der Waals surface area contributed by atoms with Gasteiger partial charge in [0.1, 0.15) is 11.2 Å². The highest BCUT2D eigenvalue weighted by Gasteiger charge is 2.44. The zero-order chi connectivity index (χ0) is 42.4. The van der Waals surface area contributed by atoms with Gasteiger partial charge in [-0.1, -0.05) is 153 Å². The van der Waals surface area contributed by atoms with Crippen LogP contribution in [0.4, 0.5) is 34.1 Å². The summed E-state index contributed by atoms with van der Waals surface area (Å²) in [6, 6.07) is 55.0. The first kappa shape index (κ1) is 39.2. The Labute approximate surface area is 363 Å². The number of furan rings is 1. The normalized spacial score (nSPS) is 13.8. The number of para-hydroxylation sites is 2. The topological polar surface area (TPSA) is 19.6 Å². The van der Waals surface area contributed by atoms with Gasteiger partial charge in [-0.05, 0) is 129 Å². The first-order valence-electron chi connectivity index (χ1n) is 22.5. The third-order valence-corrected chi connectivity index (χ3v) is 15.0. The lowest BCUT2D eigenvalue weighted by molar-refractivity contribution is 0.506. The van der Waals surface area contributed by atoms with Gasteiger partial charge in [0.05, 0.1) is 0 Å². The maximum Gasteiger partial charge on any atom is 0.252 e. The molecule has 4 heteroatoms. The lowest BCUT2D eigenvalue weighted by Crippen LogP contribution is -2.61. The van der Waals surface area contributed by atoms with Gasteiger partial charge >= 0.3 is 0 Å². The fourth-order valence-electron chi connectivity index (χ4n) is 9.78. The van der Waals surface area contributed by atoms with Crippen LogP contribution in [0.5, 0.6) is 0 Å². The van der Waals surface area contributed by atoms with E-state index in [2.05, 4.69) is 212 Å². The Morgan fingerprint density at radius 1 is 0.459 bits per heavy atom. The SMILES string of the molecule is CCC(C)(C)c1ccc(N2c3ccc(C(C)(C)CC)cc3B3c4cc(C(C)(C)CC)ccc4N(c4ccc(-c5cccc6c5oc5ccccc56)cc4)c4cccc2c43)cc1. The molecule has 2 aliphatic rings. The quantitative estimate of drug-likeness (QED) is 0.136. The first-order chi connectivity index (χ1) is 29.3. The molecule has 3 nitrogen and oxygen atoms in total. The molecular weight excluding hydrogens is 739 g/mol. The van der Waals surface area contributed by atoms with Crippen LogP contribution in [0.25, 0.3) is 33.1 Å². The molecule has 0 atom stereocenters. The molecular formula is C57H57BN2O. The zero-order valence-electron chi connectivity index (χ0n) is 37.4. The molecule has 7 aromatic carbocycles. The zero-order valence-corrected chi connectivity index (χ0v) is 37.4. The molecule has 304 valence electrons. The Bertz CT molecular complexity index is 2970. The summed E-state index contributed by atoms with van der Waals surface area (Å²) in [7, 11) is 0. The maximum absolute atomic E-state index is 6.49. The molecule has 0 bridgehead atoms. The molecule has 3 heterocycles. The third kappa shape index (κ3) is 6.16. The number of benzene rings is 7. The van der Waals surface area contributed by atoms with Crippen LogP contribution in [-0.2, 0) is 16.2 Å². The van der Waals surface area contributed by atoms with Crippen molar-refractivity contribution in [3.05, 3.63) is 162 Å². The van der Waals surface area contributed by atoms with Gasteiger partial charge < -0.3 is 14.2 Å². The molecule has 61 heavy (non-hydrogen) atoms. The summed E-state index contributed by atoms with van der Waals surface area (Å²) in [5.41, 5.74) is 19.8. The first-order valence-corrected chi connectivity index (χ1v) is 22.5. The van der Waals surface area contributed by atoms with Crippen LogP contribution in [0.3, 0.4) is 0 Å². The Balaban J connectivity index is 1.19. The van der Waals surface area contributed by atoms with Crippen molar-refractivity contribution in [1.82, 2.24) is 0 Å². The summed E-state index contributed by atoms with van der Waals surface area (Å²) in [5.74, 6) is 0. The molecule has 2 aliphatic heterocycles. The lowest BCUT2D eigenvalue weighted by Gasteiger charge is -2.45. The summed E-state index contributed by atoms with van der Waals surface area (Å²) in [4.78, 5) is 5.06. The summed E-state index contributed by atoms with van der Waals surface area (Å²) >= 11 is 0. The largest absolute Gasteiger partial charge is 0.455 e. The summed E-state index contributed by atoms with van der Waals surface area (Å²) in [6.45, 7) is 21.2. The van der Waals surface area contributed by atoms with Gasteiger partial charge in [-0.2, -0.15) is 0 Å². The number of hydrogen-bond acceptors (Lipinski definition) is 3. The number of fused-ring (bicyclic) bond motifs is 7. The second-order valence-electron chi connectivity index (χ2n) is 19.4. The van der Waals surface area contributed by atoms with E-state index in [1.165, 1.54) is 61.5 Å². The van der Waals surface area contributed by atoms with Crippen molar-refractivity contribution in [3.63, 3.8) is 0 Å². The van der Waals surface area contributed by atoms with Crippen molar-refractivity contribution < 1.29 is 4.42 Å². The molecule has 0 fully saturated rings. The van der Waals surface area contributed by atoms with Crippen molar-refractivity contribution in [2.45, 2.75) is 97.8 Å². The Kier molecular flexibility index (Phi) is 9.18. The van der Waals surface area contributed by atoms with Gasteiger partial charge in [0.15, 0.2) is 0 Å². The lowest BCUT2D eigenvalue weighted by atomic mass is 9.33. The summed E-state index contributed by atoms with van der Waals surface area (Å²) in [5, 5.41) is 2.30. The predicted octanol–water partition coefficient (Wildman–Crippen LogP) is 14.4. The fourth-order valence-corrected chi connectivity index (χ4v) is 9.78. The van der Waals surface area contributed by atoms with Gasteiger partial charge in [-0.15, -0.1) is 0 Å².